The number of nitrogens with zero attached hydrogens (tertiary/aromatic N) is 4. The van der Waals surface area contributed by atoms with Gasteiger partial charge in [0.05, 0.1) is 12.2 Å². The zero-order chi connectivity index (χ0) is 17.9. The van der Waals surface area contributed by atoms with E-state index in [1.54, 1.807) is 12.3 Å². The predicted molar refractivity (Wildman–Crippen MR) is 100 cm³/mol. The van der Waals surface area contributed by atoms with Crippen LogP contribution in [0.4, 0.5) is 11.5 Å². The van der Waals surface area contributed by atoms with E-state index in [4.69, 9.17) is 0 Å². The number of anilines is 2. The molecule has 1 N–H and O–H groups in total. The number of para-hydroxylation sites is 1. The molecule has 0 fully saturated rings. The molecule has 1 atom stereocenters. The predicted octanol–water partition coefficient (Wildman–Crippen LogP) is 3.08. The highest BCUT2D eigenvalue weighted by molar-refractivity contribution is 6.06. The summed E-state index contributed by atoms with van der Waals surface area (Å²) in [4.78, 5) is 27.5. The van der Waals surface area contributed by atoms with Crippen molar-refractivity contribution < 1.29 is 4.79 Å². The van der Waals surface area contributed by atoms with Crippen LogP contribution in [0.3, 0.4) is 0 Å². The topological polar surface area (TPSA) is 71.0 Å². The first-order valence-electron chi connectivity index (χ1n) is 8.59. The molecule has 0 radical (unpaired) electrons. The zero-order valence-corrected chi connectivity index (χ0v) is 14.5. The van der Waals surface area contributed by atoms with E-state index in [9.17, 15) is 4.79 Å². The van der Waals surface area contributed by atoms with Gasteiger partial charge in [-0.1, -0.05) is 24.3 Å². The average molecular weight is 345 g/mol. The van der Waals surface area contributed by atoms with Crippen molar-refractivity contribution >= 4 is 17.4 Å². The first kappa shape index (κ1) is 16.2. The molecular weight excluding hydrogens is 326 g/mol. The number of pyridine rings is 1. The summed E-state index contributed by atoms with van der Waals surface area (Å²) in [7, 11) is 0. The number of benzene rings is 1. The van der Waals surface area contributed by atoms with Gasteiger partial charge in [-0.25, -0.2) is 9.97 Å². The number of nitrogens with one attached hydrogen (secondary N) is 1. The third kappa shape index (κ3) is 3.13. The summed E-state index contributed by atoms with van der Waals surface area (Å²) in [5, 5.41) is 3.19. The van der Waals surface area contributed by atoms with E-state index in [1.807, 2.05) is 41.3 Å². The minimum atomic E-state index is -0.106. The van der Waals surface area contributed by atoms with Crippen LogP contribution in [0.25, 0.3) is 0 Å². The molecule has 6 heteroatoms. The number of rotatable bonds is 4. The van der Waals surface area contributed by atoms with Crippen molar-refractivity contribution in [1.29, 1.82) is 0 Å². The molecule has 0 saturated carbocycles. The summed E-state index contributed by atoms with van der Waals surface area (Å²) in [6, 6.07) is 15.6. The number of hydrogen-bond acceptors (Lipinski definition) is 5. The molecule has 1 amide bonds. The van der Waals surface area contributed by atoms with Gasteiger partial charge in [0.1, 0.15) is 17.8 Å². The van der Waals surface area contributed by atoms with Crippen LogP contribution in [0.1, 0.15) is 28.7 Å². The molecule has 1 aliphatic heterocycles. The maximum Gasteiger partial charge on any atom is 0.277 e. The van der Waals surface area contributed by atoms with Gasteiger partial charge < -0.3 is 10.2 Å². The van der Waals surface area contributed by atoms with Crippen molar-refractivity contribution in [2.75, 3.05) is 10.2 Å². The Kier molecular flexibility index (Phi) is 4.31. The quantitative estimate of drug-likeness (QED) is 0.787. The lowest BCUT2D eigenvalue weighted by Gasteiger charge is -2.22. The molecule has 1 aliphatic rings. The molecule has 0 bridgehead atoms. The van der Waals surface area contributed by atoms with E-state index in [2.05, 4.69) is 33.3 Å². The minimum Gasteiger partial charge on any atom is -0.364 e. The Morgan fingerprint density at radius 3 is 2.85 bits per heavy atom. The van der Waals surface area contributed by atoms with Crippen LogP contribution >= 0.6 is 0 Å². The minimum absolute atomic E-state index is 0.106. The number of carbonyl (C=O) groups excluding carboxylic acids is 1. The average Bonchev–Trinajstić information content (AvgIpc) is 3.02. The summed E-state index contributed by atoms with van der Waals surface area (Å²) in [5.74, 6) is 0.500. The van der Waals surface area contributed by atoms with Gasteiger partial charge >= 0.3 is 0 Å². The van der Waals surface area contributed by atoms with E-state index >= 15 is 0 Å². The van der Waals surface area contributed by atoms with Crippen molar-refractivity contribution in [3.8, 4) is 0 Å². The molecule has 6 nitrogen and oxygen atoms in total. The van der Waals surface area contributed by atoms with Crippen LogP contribution in [0.15, 0.2) is 61.1 Å². The first-order valence-corrected chi connectivity index (χ1v) is 8.59. The second-order valence-corrected chi connectivity index (χ2v) is 6.32. The summed E-state index contributed by atoms with van der Waals surface area (Å²) >= 11 is 0. The van der Waals surface area contributed by atoms with E-state index in [1.165, 1.54) is 11.9 Å². The van der Waals surface area contributed by atoms with E-state index in [0.29, 0.717) is 18.1 Å². The number of fused-ring (bicyclic) bond motifs is 1. The number of aromatic nitrogens is 3. The molecule has 2 aromatic heterocycles. The summed E-state index contributed by atoms with van der Waals surface area (Å²) in [6.45, 7) is 2.59. The van der Waals surface area contributed by atoms with Crippen LogP contribution in [0.5, 0.6) is 0 Å². The Morgan fingerprint density at radius 1 is 1.15 bits per heavy atom. The fraction of sp³-hybridized carbons (Fsp3) is 0.200. The Labute approximate surface area is 151 Å². The van der Waals surface area contributed by atoms with Crippen LogP contribution in [0.2, 0.25) is 0 Å². The van der Waals surface area contributed by atoms with Crippen LogP contribution < -0.4 is 10.2 Å². The van der Waals surface area contributed by atoms with Gasteiger partial charge in [0.25, 0.3) is 5.91 Å². The van der Waals surface area contributed by atoms with Crippen LogP contribution in [-0.4, -0.2) is 26.9 Å². The van der Waals surface area contributed by atoms with Crippen molar-refractivity contribution in [1.82, 2.24) is 15.0 Å². The van der Waals surface area contributed by atoms with Gasteiger partial charge in [0, 0.05) is 24.0 Å². The van der Waals surface area contributed by atoms with Crippen molar-refractivity contribution in [3.05, 3.63) is 78.0 Å². The Morgan fingerprint density at radius 2 is 2.00 bits per heavy atom. The fourth-order valence-electron chi connectivity index (χ4n) is 3.25. The van der Waals surface area contributed by atoms with Crippen molar-refractivity contribution in [3.63, 3.8) is 0 Å². The molecule has 26 heavy (non-hydrogen) atoms. The van der Waals surface area contributed by atoms with Gasteiger partial charge in [-0.2, -0.15) is 0 Å². The third-order valence-electron chi connectivity index (χ3n) is 4.49. The maximum absolute atomic E-state index is 13.0. The molecule has 0 aliphatic carbocycles. The van der Waals surface area contributed by atoms with Gasteiger partial charge in [0.15, 0.2) is 0 Å². The molecule has 0 spiro atoms. The first-order chi connectivity index (χ1) is 12.7. The molecule has 4 rings (SSSR count). The van der Waals surface area contributed by atoms with Gasteiger partial charge in [-0.15, -0.1) is 0 Å². The van der Waals surface area contributed by atoms with Gasteiger partial charge in [0.2, 0.25) is 0 Å². The molecule has 1 unspecified atom stereocenters. The van der Waals surface area contributed by atoms with Gasteiger partial charge in [-0.3, -0.25) is 9.78 Å². The Hall–Kier alpha value is -3.28. The largest absolute Gasteiger partial charge is 0.364 e. The standard InChI is InChI=1S/C20H19N5O/c1-14-10-15-6-2-3-8-18(15)25(14)20(26)17-11-19(24-13-23-17)22-12-16-7-4-5-9-21-16/h2-9,11,13-14H,10,12H2,1H3,(H,22,23,24). The highest BCUT2D eigenvalue weighted by atomic mass is 16.2. The summed E-state index contributed by atoms with van der Waals surface area (Å²) in [5.41, 5.74) is 3.44. The van der Waals surface area contributed by atoms with E-state index < -0.39 is 0 Å². The molecule has 3 heterocycles. The SMILES string of the molecule is CC1Cc2ccccc2N1C(=O)c1cc(NCc2ccccn2)ncn1. The molecule has 1 aromatic carbocycles. The molecule has 3 aromatic rings. The van der Waals surface area contributed by atoms with Crippen LogP contribution in [0, 0.1) is 0 Å². The monoisotopic (exact) mass is 345 g/mol. The lowest BCUT2D eigenvalue weighted by Crippen LogP contribution is -2.36. The molecule has 130 valence electrons. The second kappa shape index (κ2) is 6.92. The van der Waals surface area contributed by atoms with Crippen molar-refractivity contribution in [2.45, 2.75) is 25.9 Å². The number of carbonyl (C=O) groups is 1. The smallest absolute Gasteiger partial charge is 0.277 e. The molecule has 0 saturated heterocycles. The lowest BCUT2D eigenvalue weighted by atomic mass is 10.1. The zero-order valence-electron chi connectivity index (χ0n) is 14.5. The highest BCUT2D eigenvalue weighted by Crippen LogP contribution is 2.32. The number of hydrogen-bond donors (Lipinski definition) is 1. The normalized spacial score (nSPS) is 15.6. The Bertz CT molecular complexity index is 928. The molecular formula is C20H19N5O. The Balaban J connectivity index is 1.54. The van der Waals surface area contributed by atoms with E-state index in [0.717, 1.165) is 17.8 Å². The summed E-state index contributed by atoms with van der Waals surface area (Å²) in [6.07, 6.45) is 4.02. The second-order valence-electron chi connectivity index (χ2n) is 6.32. The summed E-state index contributed by atoms with van der Waals surface area (Å²) < 4.78 is 0. The van der Waals surface area contributed by atoms with Gasteiger partial charge in [-0.05, 0) is 37.1 Å². The van der Waals surface area contributed by atoms with Crippen molar-refractivity contribution in [2.24, 2.45) is 0 Å². The fourth-order valence-corrected chi connectivity index (χ4v) is 3.25. The van der Waals surface area contributed by atoms with Crippen LogP contribution in [-0.2, 0) is 13.0 Å². The maximum atomic E-state index is 13.0. The third-order valence-corrected chi connectivity index (χ3v) is 4.49. The number of amides is 1. The highest BCUT2D eigenvalue weighted by Gasteiger charge is 2.31. The van der Waals surface area contributed by atoms with E-state index in [-0.39, 0.29) is 11.9 Å². The lowest BCUT2D eigenvalue weighted by molar-refractivity contribution is 0.0976.